The maximum atomic E-state index is 5.77. The van der Waals surface area contributed by atoms with Crippen molar-refractivity contribution in [1.29, 1.82) is 0 Å². The lowest BCUT2D eigenvalue weighted by molar-refractivity contribution is 0.774. The van der Waals surface area contributed by atoms with E-state index in [-0.39, 0.29) is 0 Å². The van der Waals surface area contributed by atoms with Crippen molar-refractivity contribution in [3.63, 3.8) is 0 Å². The lowest BCUT2D eigenvalue weighted by atomic mass is 10.2. The third-order valence-electron chi connectivity index (χ3n) is 2.44. The molecule has 0 aliphatic rings. The van der Waals surface area contributed by atoms with Crippen molar-refractivity contribution in [2.45, 2.75) is 33.1 Å². The molecule has 1 heterocycles. The molecule has 0 saturated carbocycles. The Bertz CT molecular complexity index is 312. The molecule has 0 bridgehead atoms. The van der Waals surface area contributed by atoms with E-state index in [2.05, 4.69) is 36.7 Å². The molecular weight excluding hydrogens is 208 g/mol. The lowest BCUT2D eigenvalue weighted by Gasteiger charge is -2.23. The molecule has 0 spiro atoms. The highest BCUT2D eigenvalue weighted by Gasteiger charge is 2.08. The number of alkyl halides is 1. The number of rotatable bonds is 5. The second-order valence-electron chi connectivity index (χ2n) is 3.70. The van der Waals surface area contributed by atoms with Gasteiger partial charge < -0.3 is 4.90 Å². The highest BCUT2D eigenvalue weighted by molar-refractivity contribution is 6.17. The van der Waals surface area contributed by atoms with Crippen molar-refractivity contribution in [1.82, 2.24) is 4.98 Å². The molecule has 0 radical (unpaired) electrons. The van der Waals surface area contributed by atoms with E-state index in [1.165, 1.54) is 5.56 Å². The minimum absolute atomic E-state index is 0.536. The number of hydrogen-bond acceptors (Lipinski definition) is 2. The van der Waals surface area contributed by atoms with Gasteiger partial charge in [-0.25, -0.2) is 4.98 Å². The number of aromatic nitrogens is 1. The summed E-state index contributed by atoms with van der Waals surface area (Å²) in [6.07, 6.45) is 3.01. The molecule has 1 aromatic heterocycles. The van der Waals surface area contributed by atoms with Crippen LogP contribution in [-0.2, 0) is 5.88 Å². The Morgan fingerprint density at radius 2 is 2.13 bits per heavy atom. The van der Waals surface area contributed by atoms with Gasteiger partial charge in [0.2, 0.25) is 0 Å². The molecule has 0 aliphatic heterocycles. The molecule has 84 valence electrons. The predicted molar refractivity (Wildman–Crippen MR) is 66.7 cm³/mol. The van der Waals surface area contributed by atoms with Crippen molar-refractivity contribution in [2.24, 2.45) is 0 Å². The molecule has 3 heteroatoms. The predicted octanol–water partition coefficient (Wildman–Crippen LogP) is 3.37. The van der Waals surface area contributed by atoms with Crippen molar-refractivity contribution in [2.75, 3.05) is 18.0 Å². The van der Waals surface area contributed by atoms with Crippen LogP contribution in [0, 0.1) is 6.92 Å². The van der Waals surface area contributed by atoms with Crippen LogP contribution in [0.3, 0.4) is 0 Å². The summed E-state index contributed by atoms with van der Waals surface area (Å²) in [5.41, 5.74) is 2.30. The molecule has 0 fully saturated rings. The molecule has 0 aliphatic carbocycles. The summed E-state index contributed by atoms with van der Waals surface area (Å²) in [4.78, 5) is 6.78. The summed E-state index contributed by atoms with van der Waals surface area (Å²) in [5.74, 6) is 1.63. The Morgan fingerprint density at radius 1 is 1.40 bits per heavy atom. The SMILES string of the molecule is CCCN(CC)c1ncc(CCl)cc1C. The molecule has 15 heavy (non-hydrogen) atoms. The fraction of sp³-hybridized carbons (Fsp3) is 0.583. The monoisotopic (exact) mass is 226 g/mol. The standard InChI is InChI=1S/C12H19ClN2/c1-4-6-15(5-2)12-10(3)7-11(8-13)9-14-12/h7,9H,4-6,8H2,1-3H3. The summed E-state index contributed by atoms with van der Waals surface area (Å²) < 4.78 is 0. The van der Waals surface area contributed by atoms with Gasteiger partial charge in [0.15, 0.2) is 0 Å². The van der Waals surface area contributed by atoms with Crippen LogP contribution >= 0.6 is 11.6 Å². The number of aryl methyl sites for hydroxylation is 1. The molecule has 0 atom stereocenters. The Morgan fingerprint density at radius 3 is 2.60 bits per heavy atom. The van der Waals surface area contributed by atoms with Crippen molar-refractivity contribution in [3.05, 3.63) is 23.4 Å². The van der Waals surface area contributed by atoms with Gasteiger partial charge in [0.25, 0.3) is 0 Å². The number of halogens is 1. The third kappa shape index (κ3) is 3.10. The van der Waals surface area contributed by atoms with Crippen LogP contribution in [-0.4, -0.2) is 18.1 Å². The first-order chi connectivity index (χ1) is 7.22. The topological polar surface area (TPSA) is 16.1 Å². The Kier molecular flexibility index (Phi) is 4.89. The van der Waals surface area contributed by atoms with Crippen molar-refractivity contribution < 1.29 is 0 Å². The van der Waals surface area contributed by atoms with E-state index in [0.717, 1.165) is 30.9 Å². The smallest absolute Gasteiger partial charge is 0.131 e. The van der Waals surface area contributed by atoms with Gasteiger partial charge >= 0.3 is 0 Å². The number of pyridine rings is 1. The van der Waals surface area contributed by atoms with E-state index < -0.39 is 0 Å². The van der Waals surface area contributed by atoms with Crippen LogP contribution in [0.5, 0.6) is 0 Å². The van der Waals surface area contributed by atoms with Gasteiger partial charge in [-0.05, 0) is 37.5 Å². The molecule has 2 nitrogen and oxygen atoms in total. The van der Waals surface area contributed by atoms with E-state index in [1.807, 2.05) is 6.20 Å². The first-order valence-electron chi connectivity index (χ1n) is 5.49. The van der Waals surface area contributed by atoms with E-state index >= 15 is 0 Å². The van der Waals surface area contributed by atoms with Gasteiger partial charge in [0.1, 0.15) is 5.82 Å². The van der Waals surface area contributed by atoms with Crippen molar-refractivity contribution in [3.8, 4) is 0 Å². The Labute approximate surface area is 97.3 Å². The van der Waals surface area contributed by atoms with Crippen LogP contribution in [0.4, 0.5) is 5.82 Å². The minimum atomic E-state index is 0.536. The van der Waals surface area contributed by atoms with Gasteiger partial charge in [-0.3, -0.25) is 0 Å². The zero-order valence-electron chi connectivity index (χ0n) is 9.76. The summed E-state index contributed by atoms with van der Waals surface area (Å²) in [6.45, 7) is 8.50. The molecule has 0 aromatic carbocycles. The Balaban J connectivity index is 2.92. The minimum Gasteiger partial charge on any atom is -0.357 e. The van der Waals surface area contributed by atoms with Crippen LogP contribution in [0.1, 0.15) is 31.4 Å². The highest BCUT2D eigenvalue weighted by atomic mass is 35.5. The highest BCUT2D eigenvalue weighted by Crippen LogP contribution is 2.18. The zero-order chi connectivity index (χ0) is 11.3. The summed E-state index contributed by atoms with van der Waals surface area (Å²) >= 11 is 5.77. The van der Waals surface area contributed by atoms with Gasteiger partial charge in [-0.1, -0.05) is 6.92 Å². The third-order valence-corrected chi connectivity index (χ3v) is 2.74. The first kappa shape index (κ1) is 12.3. The molecule has 0 N–H and O–H groups in total. The molecule has 1 rings (SSSR count). The average molecular weight is 227 g/mol. The summed E-state index contributed by atoms with van der Waals surface area (Å²) in [6, 6.07) is 2.12. The zero-order valence-corrected chi connectivity index (χ0v) is 10.5. The van der Waals surface area contributed by atoms with Gasteiger partial charge in [-0.2, -0.15) is 0 Å². The van der Waals surface area contributed by atoms with E-state index in [1.54, 1.807) is 0 Å². The Hall–Kier alpha value is -0.760. The number of hydrogen-bond donors (Lipinski definition) is 0. The maximum Gasteiger partial charge on any atom is 0.131 e. The van der Waals surface area contributed by atoms with Crippen LogP contribution in [0.25, 0.3) is 0 Å². The number of nitrogens with zero attached hydrogens (tertiary/aromatic N) is 2. The van der Waals surface area contributed by atoms with Gasteiger partial charge in [-0.15, -0.1) is 11.6 Å². The fourth-order valence-corrected chi connectivity index (χ4v) is 1.86. The fourth-order valence-electron chi connectivity index (χ4n) is 1.71. The normalized spacial score (nSPS) is 10.4. The molecular formula is C12H19ClN2. The second-order valence-corrected chi connectivity index (χ2v) is 3.96. The van der Waals surface area contributed by atoms with Crippen molar-refractivity contribution >= 4 is 17.4 Å². The summed E-state index contributed by atoms with van der Waals surface area (Å²) in [5, 5.41) is 0. The van der Waals surface area contributed by atoms with Gasteiger partial charge in [0, 0.05) is 25.2 Å². The second kappa shape index (κ2) is 5.96. The van der Waals surface area contributed by atoms with E-state index in [0.29, 0.717) is 5.88 Å². The molecule has 0 unspecified atom stereocenters. The van der Waals surface area contributed by atoms with Gasteiger partial charge in [0.05, 0.1) is 0 Å². The van der Waals surface area contributed by atoms with Crippen LogP contribution in [0.2, 0.25) is 0 Å². The van der Waals surface area contributed by atoms with Crippen LogP contribution in [0.15, 0.2) is 12.3 Å². The van der Waals surface area contributed by atoms with E-state index in [9.17, 15) is 0 Å². The first-order valence-corrected chi connectivity index (χ1v) is 6.02. The van der Waals surface area contributed by atoms with Crippen LogP contribution < -0.4 is 4.90 Å². The summed E-state index contributed by atoms with van der Waals surface area (Å²) in [7, 11) is 0. The molecule has 0 saturated heterocycles. The maximum absolute atomic E-state index is 5.77. The molecule has 1 aromatic rings. The lowest BCUT2D eigenvalue weighted by Crippen LogP contribution is -2.25. The largest absolute Gasteiger partial charge is 0.357 e. The quantitative estimate of drug-likeness (QED) is 0.716. The van der Waals surface area contributed by atoms with E-state index in [4.69, 9.17) is 11.6 Å². The molecule has 0 amide bonds. The number of anilines is 1. The average Bonchev–Trinajstić information content (AvgIpc) is 2.26.